The second kappa shape index (κ2) is 4.10. The maximum Gasteiger partial charge on any atom is 0.0593 e. The van der Waals surface area contributed by atoms with E-state index in [-0.39, 0.29) is 11.5 Å². The van der Waals surface area contributed by atoms with Gasteiger partial charge in [-0.1, -0.05) is 41.0 Å². The largest absolute Gasteiger partial charge is 0.393 e. The van der Waals surface area contributed by atoms with Gasteiger partial charge in [0.25, 0.3) is 0 Å². The fraction of sp³-hybridized carbons (Fsp3) is 1.00. The van der Waals surface area contributed by atoms with E-state index in [0.717, 1.165) is 12.8 Å². The summed E-state index contributed by atoms with van der Waals surface area (Å²) in [6.07, 6.45) is 1.84. The molecule has 1 nitrogen and oxygen atoms in total. The van der Waals surface area contributed by atoms with Gasteiger partial charge in [0.2, 0.25) is 0 Å². The molecule has 0 saturated carbocycles. The molecule has 11 heavy (non-hydrogen) atoms. The van der Waals surface area contributed by atoms with Crippen molar-refractivity contribution in [2.75, 3.05) is 0 Å². The molecule has 1 unspecified atom stereocenters. The van der Waals surface area contributed by atoms with E-state index in [0.29, 0.717) is 5.92 Å². The number of rotatable bonds is 4. The Morgan fingerprint density at radius 1 is 1.27 bits per heavy atom. The minimum Gasteiger partial charge on any atom is -0.393 e. The summed E-state index contributed by atoms with van der Waals surface area (Å²) < 4.78 is 0. The van der Waals surface area contributed by atoms with Crippen LogP contribution in [0.2, 0.25) is 0 Å². The topological polar surface area (TPSA) is 20.2 Å². The molecule has 0 amide bonds. The molecule has 0 aliphatic heterocycles. The Morgan fingerprint density at radius 3 is 2.00 bits per heavy atom. The van der Waals surface area contributed by atoms with Crippen molar-refractivity contribution < 1.29 is 5.11 Å². The number of hydrogen-bond donors (Lipinski definition) is 1. The van der Waals surface area contributed by atoms with Crippen LogP contribution in [-0.4, -0.2) is 11.2 Å². The van der Waals surface area contributed by atoms with Gasteiger partial charge in [0.15, 0.2) is 0 Å². The fourth-order valence-electron chi connectivity index (χ4n) is 1.03. The van der Waals surface area contributed by atoms with E-state index in [1.165, 1.54) is 0 Å². The highest BCUT2D eigenvalue weighted by Crippen LogP contribution is 2.32. The average Bonchev–Trinajstić information content (AvgIpc) is 1.88. The van der Waals surface area contributed by atoms with Crippen LogP contribution in [0.3, 0.4) is 0 Å². The van der Waals surface area contributed by atoms with Gasteiger partial charge in [-0.2, -0.15) is 0 Å². The third-order valence-corrected chi connectivity index (χ3v) is 2.91. The lowest BCUT2D eigenvalue weighted by Gasteiger charge is -2.34. The third kappa shape index (κ3) is 2.82. The van der Waals surface area contributed by atoms with Gasteiger partial charge in [-0.3, -0.25) is 0 Å². The van der Waals surface area contributed by atoms with Gasteiger partial charge < -0.3 is 5.11 Å². The quantitative estimate of drug-likeness (QED) is 0.667. The van der Waals surface area contributed by atoms with Crippen molar-refractivity contribution in [1.29, 1.82) is 0 Å². The standard InChI is InChI=1S/C10H22O/c1-6-7-9(11)10(4,5)8(2)3/h8-9,11H,6-7H2,1-5H3. The number of hydrogen-bond acceptors (Lipinski definition) is 1. The molecule has 0 fully saturated rings. The minimum atomic E-state index is -0.146. The first-order chi connectivity index (χ1) is 4.92. The molecule has 1 atom stereocenters. The first-order valence-corrected chi connectivity index (χ1v) is 4.61. The minimum absolute atomic E-state index is 0.0655. The smallest absolute Gasteiger partial charge is 0.0593 e. The second-order valence-electron chi connectivity index (χ2n) is 4.28. The molecule has 0 radical (unpaired) electrons. The maximum atomic E-state index is 9.75. The van der Waals surface area contributed by atoms with E-state index in [2.05, 4.69) is 34.6 Å². The Bertz CT molecular complexity index is 105. The van der Waals surface area contributed by atoms with Crippen molar-refractivity contribution >= 4 is 0 Å². The van der Waals surface area contributed by atoms with Crippen LogP contribution in [0.1, 0.15) is 47.5 Å². The number of aliphatic hydroxyl groups is 1. The third-order valence-electron chi connectivity index (χ3n) is 2.91. The normalized spacial score (nSPS) is 15.5. The summed E-state index contributed by atoms with van der Waals surface area (Å²) in [6, 6.07) is 0. The van der Waals surface area contributed by atoms with Gasteiger partial charge >= 0.3 is 0 Å². The van der Waals surface area contributed by atoms with Gasteiger partial charge in [0.05, 0.1) is 6.10 Å². The van der Waals surface area contributed by atoms with E-state index < -0.39 is 0 Å². The zero-order valence-electron chi connectivity index (χ0n) is 8.52. The van der Waals surface area contributed by atoms with E-state index in [4.69, 9.17) is 0 Å². The summed E-state index contributed by atoms with van der Waals surface area (Å²) in [4.78, 5) is 0. The Morgan fingerprint density at radius 2 is 1.73 bits per heavy atom. The SMILES string of the molecule is CCCC(O)C(C)(C)C(C)C. The highest BCUT2D eigenvalue weighted by Gasteiger charge is 2.29. The van der Waals surface area contributed by atoms with Gasteiger partial charge in [-0.05, 0) is 17.8 Å². The van der Waals surface area contributed by atoms with E-state index >= 15 is 0 Å². The molecule has 68 valence electrons. The zero-order chi connectivity index (χ0) is 9.07. The predicted octanol–water partition coefficient (Wildman–Crippen LogP) is 2.83. The monoisotopic (exact) mass is 158 g/mol. The maximum absolute atomic E-state index is 9.75. The van der Waals surface area contributed by atoms with Crippen LogP contribution in [0.15, 0.2) is 0 Å². The van der Waals surface area contributed by atoms with Crippen molar-refractivity contribution in [3.63, 3.8) is 0 Å². The van der Waals surface area contributed by atoms with Crippen LogP contribution in [0.4, 0.5) is 0 Å². The van der Waals surface area contributed by atoms with Crippen LogP contribution in [0.5, 0.6) is 0 Å². The Balaban J connectivity index is 4.05. The molecule has 0 bridgehead atoms. The Kier molecular flexibility index (Phi) is 4.09. The summed E-state index contributed by atoms with van der Waals surface area (Å²) in [6.45, 7) is 10.7. The molecule has 1 heteroatoms. The van der Waals surface area contributed by atoms with Gasteiger partial charge in [-0.15, -0.1) is 0 Å². The van der Waals surface area contributed by atoms with Crippen molar-refractivity contribution in [2.24, 2.45) is 11.3 Å². The summed E-state index contributed by atoms with van der Waals surface area (Å²) >= 11 is 0. The lowest BCUT2D eigenvalue weighted by Crippen LogP contribution is -2.33. The van der Waals surface area contributed by atoms with E-state index in [1.54, 1.807) is 0 Å². The average molecular weight is 158 g/mol. The van der Waals surface area contributed by atoms with Crippen molar-refractivity contribution in [2.45, 2.75) is 53.6 Å². The zero-order valence-corrected chi connectivity index (χ0v) is 8.52. The van der Waals surface area contributed by atoms with Gasteiger partial charge in [-0.25, -0.2) is 0 Å². The Hall–Kier alpha value is -0.0400. The summed E-state index contributed by atoms with van der Waals surface area (Å²) in [5.74, 6) is 0.545. The molecule has 0 spiro atoms. The highest BCUT2D eigenvalue weighted by atomic mass is 16.3. The molecule has 0 saturated heterocycles. The lowest BCUT2D eigenvalue weighted by molar-refractivity contribution is 0.0110. The molecule has 0 aromatic heterocycles. The molecule has 0 aromatic rings. The fourth-order valence-corrected chi connectivity index (χ4v) is 1.03. The second-order valence-corrected chi connectivity index (χ2v) is 4.28. The van der Waals surface area contributed by atoms with Crippen molar-refractivity contribution in [1.82, 2.24) is 0 Å². The molecule has 1 N–H and O–H groups in total. The van der Waals surface area contributed by atoms with Crippen LogP contribution in [-0.2, 0) is 0 Å². The molecule has 0 aromatic carbocycles. The summed E-state index contributed by atoms with van der Waals surface area (Å²) in [5.41, 5.74) is 0.0655. The number of aliphatic hydroxyl groups excluding tert-OH is 1. The predicted molar refractivity (Wildman–Crippen MR) is 49.5 cm³/mol. The molecule has 0 rings (SSSR count). The Labute approximate surface area is 70.8 Å². The molecule has 0 aliphatic carbocycles. The van der Waals surface area contributed by atoms with E-state index in [1.807, 2.05) is 0 Å². The summed E-state index contributed by atoms with van der Waals surface area (Å²) in [7, 11) is 0. The van der Waals surface area contributed by atoms with Crippen molar-refractivity contribution in [3.05, 3.63) is 0 Å². The first-order valence-electron chi connectivity index (χ1n) is 4.61. The molecular formula is C10H22O. The van der Waals surface area contributed by atoms with Crippen LogP contribution in [0, 0.1) is 11.3 Å². The first kappa shape index (κ1) is 11.0. The van der Waals surface area contributed by atoms with Crippen LogP contribution < -0.4 is 0 Å². The van der Waals surface area contributed by atoms with E-state index in [9.17, 15) is 5.11 Å². The molecule has 0 heterocycles. The molecule has 0 aliphatic rings. The van der Waals surface area contributed by atoms with Crippen LogP contribution in [0.25, 0.3) is 0 Å². The van der Waals surface area contributed by atoms with Crippen molar-refractivity contribution in [3.8, 4) is 0 Å². The van der Waals surface area contributed by atoms with Gasteiger partial charge in [0.1, 0.15) is 0 Å². The highest BCUT2D eigenvalue weighted by molar-refractivity contribution is 4.80. The van der Waals surface area contributed by atoms with Crippen LogP contribution >= 0.6 is 0 Å². The summed E-state index contributed by atoms with van der Waals surface area (Å²) in [5, 5.41) is 9.75. The molecular weight excluding hydrogens is 136 g/mol. The van der Waals surface area contributed by atoms with Gasteiger partial charge in [0, 0.05) is 0 Å². The lowest BCUT2D eigenvalue weighted by atomic mass is 9.75.